The van der Waals surface area contributed by atoms with Gasteiger partial charge in [-0.15, -0.1) is 0 Å². The Labute approximate surface area is 168 Å². The number of halogens is 1. The number of fused-ring (bicyclic) bond motifs is 1. The molecule has 2 heterocycles. The van der Waals surface area contributed by atoms with Crippen LogP contribution in [0, 0.1) is 18.7 Å². The molecule has 1 aliphatic heterocycles. The van der Waals surface area contributed by atoms with Gasteiger partial charge in [0.05, 0.1) is 17.8 Å². The average molecular weight is 400 g/mol. The molecule has 7 nitrogen and oxygen atoms in total. The molecule has 154 valence electrons. The fraction of sp³-hybridized carbons (Fsp3) is 0.429. The summed E-state index contributed by atoms with van der Waals surface area (Å²) >= 11 is 0. The lowest BCUT2D eigenvalue weighted by Gasteiger charge is -2.30. The summed E-state index contributed by atoms with van der Waals surface area (Å²) in [6.07, 6.45) is 0.529. The van der Waals surface area contributed by atoms with Crippen LogP contribution in [0.4, 0.5) is 4.39 Å². The number of carbonyl (C=O) groups is 2. The third kappa shape index (κ3) is 4.70. The lowest BCUT2D eigenvalue weighted by atomic mass is 10.0. The largest absolute Gasteiger partial charge is 0.350 e. The highest BCUT2D eigenvalue weighted by Gasteiger charge is 2.27. The van der Waals surface area contributed by atoms with Gasteiger partial charge in [-0.1, -0.05) is 26.0 Å². The molecule has 0 unspecified atom stereocenters. The summed E-state index contributed by atoms with van der Waals surface area (Å²) in [5.41, 5.74) is 1.64. The second kappa shape index (κ2) is 8.55. The van der Waals surface area contributed by atoms with E-state index in [1.54, 1.807) is 24.0 Å². The summed E-state index contributed by atoms with van der Waals surface area (Å²) in [5.74, 6) is -0.359. The Balaban J connectivity index is 1.74. The van der Waals surface area contributed by atoms with Crippen LogP contribution >= 0.6 is 0 Å². The summed E-state index contributed by atoms with van der Waals surface area (Å²) in [7, 11) is 0. The summed E-state index contributed by atoms with van der Waals surface area (Å²) in [6, 6.07) is 5.84. The number of nitrogens with zero attached hydrogens (tertiary/aromatic N) is 3. The summed E-state index contributed by atoms with van der Waals surface area (Å²) < 4.78 is 14.3. The molecule has 1 aromatic carbocycles. The van der Waals surface area contributed by atoms with E-state index < -0.39 is 0 Å². The number of nitrogens with one attached hydrogen (secondary N) is 1. The smallest absolute Gasteiger partial charge is 0.259 e. The summed E-state index contributed by atoms with van der Waals surface area (Å²) in [6.45, 7) is 6.19. The molecule has 1 N–H and O–H groups in total. The minimum Gasteiger partial charge on any atom is -0.350 e. The number of carbonyl (C=O) groups excluding carboxylic acids is 2. The van der Waals surface area contributed by atoms with Crippen LogP contribution < -0.4 is 10.9 Å². The van der Waals surface area contributed by atoms with Crippen molar-refractivity contribution in [1.82, 2.24) is 19.8 Å². The topological polar surface area (TPSA) is 84.3 Å². The summed E-state index contributed by atoms with van der Waals surface area (Å²) in [5, 5.41) is 2.73. The molecule has 2 aromatic rings. The molecule has 0 aliphatic carbocycles. The zero-order valence-corrected chi connectivity index (χ0v) is 16.9. The van der Waals surface area contributed by atoms with Crippen molar-refractivity contribution in [3.63, 3.8) is 0 Å². The highest BCUT2D eigenvalue weighted by Crippen LogP contribution is 2.16. The molecule has 0 radical (unpaired) electrons. The molecule has 29 heavy (non-hydrogen) atoms. The van der Waals surface area contributed by atoms with Gasteiger partial charge in [-0.05, 0) is 24.6 Å². The van der Waals surface area contributed by atoms with Crippen LogP contribution in [-0.2, 0) is 35.6 Å². The minimum atomic E-state index is -0.341. The highest BCUT2D eigenvalue weighted by atomic mass is 19.1. The minimum absolute atomic E-state index is 0.000726. The van der Waals surface area contributed by atoms with Crippen LogP contribution in [0.3, 0.4) is 0 Å². The van der Waals surface area contributed by atoms with Crippen molar-refractivity contribution in [2.24, 2.45) is 5.92 Å². The lowest BCUT2D eigenvalue weighted by Crippen LogP contribution is -2.44. The second-order valence-corrected chi connectivity index (χ2v) is 7.54. The van der Waals surface area contributed by atoms with E-state index in [1.807, 2.05) is 13.8 Å². The monoisotopic (exact) mass is 400 g/mol. The Kier molecular flexibility index (Phi) is 6.10. The van der Waals surface area contributed by atoms with Crippen molar-refractivity contribution in [3.05, 3.63) is 63.1 Å². The van der Waals surface area contributed by atoms with Crippen molar-refractivity contribution in [2.45, 2.75) is 46.8 Å². The van der Waals surface area contributed by atoms with E-state index in [2.05, 4.69) is 10.3 Å². The standard InChI is InChI=1S/C21H25FN4O3/c1-13(2)20(28)25-9-8-18-17(11-25)21(29)26(14(3)24-18)12-19(27)23-10-15-4-6-16(22)7-5-15/h4-7,13H,8-12H2,1-3H3,(H,23,27). The van der Waals surface area contributed by atoms with Gasteiger partial charge in [0, 0.05) is 25.4 Å². The molecule has 0 saturated carbocycles. The number of rotatable bonds is 5. The van der Waals surface area contributed by atoms with Crippen LogP contribution in [0.25, 0.3) is 0 Å². The first-order chi connectivity index (χ1) is 13.8. The number of hydrogen-bond acceptors (Lipinski definition) is 4. The molecule has 1 aliphatic rings. The maximum Gasteiger partial charge on any atom is 0.259 e. The molecule has 0 atom stereocenters. The molecule has 0 saturated heterocycles. The van der Waals surface area contributed by atoms with Gasteiger partial charge in [-0.2, -0.15) is 0 Å². The number of hydrogen-bond donors (Lipinski definition) is 1. The van der Waals surface area contributed by atoms with Gasteiger partial charge in [0.2, 0.25) is 11.8 Å². The fourth-order valence-electron chi connectivity index (χ4n) is 3.37. The zero-order valence-electron chi connectivity index (χ0n) is 16.9. The van der Waals surface area contributed by atoms with Crippen molar-refractivity contribution >= 4 is 11.8 Å². The van der Waals surface area contributed by atoms with E-state index in [-0.39, 0.29) is 48.7 Å². The molecular weight excluding hydrogens is 375 g/mol. The maximum absolute atomic E-state index is 13.0. The van der Waals surface area contributed by atoms with Gasteiger partial charge >= 0.3 is 0 Å². The van der Waals surface area contributed by atoms with Gasteiger partial charge in [0.1, 0.15) is 18.2 Å². The molecule has 1 aromatic heterocycles. The Morgan fingerprint density at radius 3 is 2.59 bits per heavy atom. The molecule has 8 heteroatoms. The van der Waals surface area contributed by atoms with Gasteiger partial charge in [-0.3, -0.25) is 19.0 Å². The lowest BCUT2D eigenvalue weighted by molar-refractivity contribution is -0.135. The first kappa shape index (κ1) is 20.7. The molecule has 0 fully saturated rings. The number of amides is 2. The van der Waals surface area contributed by atoms with Crippen LogP contribution in [0.1, 0.15) is 36.5 Å². The first-order valence-corrected chi connectivity index (χ1v) is 9.65. The van der Waals surface area contributed by atoms with Gasteiger partial charge in [0.25, 0.3) is 5.56 Å². The van der Waals surface area contributed by atoms with Gasteiger partial charge < -0.3 is 10.2 Å². The van der Waals surface area contributed by atoms with E-state index in [9.17, 15) is 18.8 Å². The normalized spacial score (nSPS) is 13.3. The third-order valence-electron chi connectivity index (χ3n) is 5.02. The molecule has 2 amide bonds. The Bertz CT molecular complexity index is 983. The van der Waals surface area contributed by atoms with Crippen LogP contribution in [-0.4, -0.2) is 32.8 Å². The SMILES string of the molecule is Cc1nc2c(c(=O)n1CC(=O)NCc1ccc(F)cc1)CN(C(=O)C(C)C)CC2. The molecule has 3 rings (SSSR count). The quantitative estimate of drug-likeness (QED) is 0.825. The predicted molar refractivity (Wildman–Crippen MR) is 105 cm³/mol. The Morgan fingerprint density at radius 2 is 1.93 bits per heavy atom. The van der Waals surface area contributed by atoms with E-state index in [1.165, 1.54) is 16.7 Å². The number of benzene rings is 1. The number of aryl methyl sites for hydroxylation is 1. The molecule has 0 bridgehead atoms. The average Bonchev–Trinajstić information content (AvgIpc) is 2.70. The maximum atomic E-state index is 13.0. The van der Waals surface area contributed by atoms with Crippen LogP contribution in [0.15, 0.2) is 29.1 Å². The Hall–Kier alpha value is -3.03. The summed E-state index contributed by atoms with van der Waals surface area (Å²) in [4.78, 5) is 43.8. The van der Waals surface area contributed by atoms with E-state index in [0.29, 0.717) is 30.0 Å². The zero-order chi connectivity index (χ0) is 21.1. The highest BCUT2D eigenvalue weighted by molar-refractivity contribution is 5.78. The van der Waals surface area contributed by atoms with E-state index >= 15 is 0 Å². The first-order valence-electron chi connectivity index (χ1n) is 9.65. The molecule has 0 spiro atoms. The van der Waals surface area contributed by atoms with Crippen LogP contribution in [0.2, 0.25) is 0 Å². The van der Waals surface area contributed by atoms with Gasteiger partial charge in [0.15, 0.2) is 0 Å². The predicted octanol–water partition coefficient (Wildman–Crippen LogP) is 1.55. The van der Waals surface area contributed by atoms with Crippen LogP contribution in [0.5, 0.6) is 0 Å². The van der Waals surface area contributed by atoms with Crippen molar-refractivity contribution in [3.8, 4) is 0 Å². The third-order valence-corrected chi connectivity index (χ3v) is 5.02. The Morgan fingerprint density at radius 1 is 1.24 bits per heavy atom. The fourth-order valence-corrected chi connectivity index (χ4v) is 3.37. The van der Waals surface area contributed by atoms with Crippen molar-refractivity contribution in [1.29, 1.82) is 0 Å². The number of aromatic nitrogens is 2. The van der Waals surface area contributed by atoms with Crippen molar-refractivity contribution in [2.75, 3.05) is 6.54 Å². The van der Waals surface area contributed by atoms with E-state index in [4.69, 9.17) is 0 Å². The second-order valence-electron chi connectivity index (χ2n) is 7.54. The van der Waals surface area contributed by atoms with E-state index in [0.717, 1.165) is 5.56 Å². The molecular formula is C21H25FN4O3. The van der Waals surface area contributed by atoms with Gasteiger partial charge in [-0.25, -0.2) is 9.37 Å². The van der Waals surface area contributed by atoms with Crippen molar-refractivity contribution < 1.29 is 14.0 Å².